The van der Waals surface area contributed by atoms with Crippen LogP contribution in [-0.2, 0) is 14.3 Å². The van der Waals surface area contributed by atoms with E-state index >= 15 is 0 Å². The van der Waals surface area contributed by atoms with Crippen molar-refractivity contribution in [3.63, 3.8) is 0 Å². The zero-order valence-corrected chi connectivity index (χ0v) is 13.5. The minimum atomic E-state index is -0.188. The molecule has 2 heterocycles. The van der Waals surface area contributed by atoms with Crippen LogP contribution in [0.4, 0.5) is 0 Å². The van der Waals surface area contributed by atoms with E-state index in [1.807, 2.05) is 25.7 Å². The molecule has 0 atom stereocenters. The van der Waals surface area contributed by atoms with Crippen LogP contribution in [0.1, 0.15) is 46.5 Å². The van der Waals surface area contributed by atoms with Crippen molar-refractivity contribution >= 4 is 11.8 Å². The standard InChI is InChI=1S/C16H28N2O3/c1-16(2,3)17-14(19)12-4-8-18(9-5-12)15(20)13-6-10-21-11-7-13/h12-13H,4-11H2,1-3H3,(H,17,19). The Bertz CT molecular complexity index is 375. The first-order chi connectivity index (χ1) is 9.87. The minimum absolute atomic E-state index is 0.0444. The van der Waals surface area contributed by atoms with Crippen molar-refractivity contribution in [3.05, 3.63) is 0 Å². The smallest absolute Gasteiger partial charge is 0.225 e. The first-order valence-electron chi connectivity index (χ1n) is 8.05. The van der Waals surface area contributed by atoms with E-state index in [0.717, 1.165) is 25.7 Å². The number of carbonyl (C=O) groups excluding carboxylic acids is 2. The van der Waals surface area contributed by atoms with Gasteiger partial charge in [-0.05, 0) is 46.5 Å². The maximum absolute atomic E-state index is 12.4. The van der Waals surface area contributed by atoms with Gasteiger partial charge >= 0.3 is 0 Å². The number of hydrogen-bond acceptors (Lipinski definition) is 3. The lowest BCUT2D eigenvalue weighted by atomic mass is 9.92. The second-order valence-electron chi connectivity index (χ2n) is 7.23. The number of piperidine rings is 1. The fourth-order valence-electron chi connectivity index (χ4n) is 3.04. The number of amides is 2. The third kappa shape index (κ3) is 4.70. The van der Waals surface area contributed by atoms with Crippen LogP contribution in [-0.4, -0.2) is 48.6 Å². The number of nitrogens with zero attached hydrogens (tertiary/aromatic N) is 1. The predicted molar refractivity (Wildman–Crippen MR) is 80.7 cm³/mol. The monoisotopic (exact) mass is 296 g/mol. The maximum atomic E-state index is 12.4. The van der Waals surface area contributed by atoms with E-state index in [0.29, 0.717) is 26.3 Å². The Hall–Kier alpha value is -1.10. The quantitative estimate of drug-likeness (QED) is 0.841. The van der Waals surface area contributed by atoms with Crippen LogP contribution in [0.3, 0.4) is 0 Å². The summed E-state index contributed by atoms with van der Waals surface area (Å²) in [5.74, 6) is 0.551. The summed E-state index contributed by atoms with van der Waals surface area (Å²) in [5.41, 5.74) is -0.188. The molecule has 2 aliphatic heterocycles. The highest BCUT2D eigenvalue weighted by Crippen LogP contribution is 2.23. The van der Waals surface area contributed by atoms with Crippen LogP contribution in [0, 0.1) is 11.8 Å². The van der Waals surface area contributed by atoms with E-state index in [4.69, 9.17) is 4.74 Å². The lowest BCUT2D eigenvalue weighted by Crippen LogP contribution is -2.49. The van der Waals surface area contributed by atoms with Gasteiger partial charge in [-0.25, -0.2) is 0 Å². The molecule has 2 aliphatic rings. The van der Waals surface area contributed by atoms with Gasteiger partial charge in [0, 0.05) is 43.7 Å². The fourth-order valence-corrected chi connectivity index (χ4v) is 3.04. The molecule has 0 aromatic rings. The summed E-state index contributed by atoms with van der Waals surface area (Å²) in [6, 6.07) is 0. The molecule has 2 fully saturated rings. The van der Waals surface area contributed by atoms with Crippen LogP contribution >= 0.6 is 0 Å². The number of carbonyl (C=O) groups is 2. The molecule has 0 aromatic carbocycles. The van der Waals surface area contributed by atoms with Gasteiger partial charge in [-0.2, -0.15) is 0 Å². The van der Waals surface area contributed by atoms with Crippen molar-refractivity contribution in [1.29, 1.82) is 0 Å². The van der Waals surface area contributed by atoms with Crippen LogP contribution in [0.15, 0.2) is 0 Å². The SMILES string of the molecule is CC(C)(C)NC(=O)C1CCN(C(=O)C2CCOCC2)CC1. The van der Waals surface area contributed by atoms with Gasteiger partial charge in [0.2, 0.25) is 11.8 Å². The van der Waals surface area contributed by atoms with Crippen molar-refractivity contribution in [3.8, 4) is 0 Å². The van der Waals surface area contributed by atoms with Gasteiger partial charge in [0.1, 0.15) is 0 Å². The molecule has 2 saturated heterocycles. The Morgan fingerprint density at radius 1 is 1.00 bits per heavy atom. The first kappa shape index (κ1) is 16.3. The Morgan fingerprint density at radius 3 is 2.10 bits per heavy atom. The number of rotatable bonds is 2. The molecule has 120 valence electrons. The van der Waals surface area contributed by atoms with Gasteiger partial charge in [0.15, 0.2) is 0 Å². The van der Waals surface area contributed by atoms with Gasteiger partial charge in [-0.3, -0.25) is 9.59 Å². The van der Waals surface area contributed by atoms with Gasteiger partial charge in [-0.1, -0.05) is 0 Å². The largest absolute Gasteiger partial charge is 0.381 e. The van der Waals surface area contributed by atoms with Gasteiger partial charge in [0.25, 0.3) is 0 Å². The zero-order chi connectivity index (χ0) is 15.5. The second kappa shape index (κ2) is 6.77. The summed E-state index contributed by atoms with van der Waals surface area (Å²) in [6.45, 7) is 8.79. The van der Waals surface area contributed by atoms with Gasteiger partial charge < -0.3 is 15.0 Å². The minimum Gasteiger partial charge on any atom is -0.381 e. The second-order valence-corrected chi connectivity index (χ2v) is 7.23. The molecule has 0 aliphatic carbocycles. The Labute approximate surface area is 127 Å². The fraction of sp³-hybridized carbons (Fsp3) is 0.875. The molecule has 1 N–H and O–H groups in total. The highest BCUT2D eigenvalue weighted by Gasteiger charge is 2.32. The van der Waals surface area contributed by atoms with Crippen molar-refractivity contribution in [1.82, 2.24) is 10.2 Å². The average Bonchev–Trinajstić information content (AvgIpc) is 2.46. The molecule has 0 aromatic heterocycles. The third-order valence-corrected chi connectivity index (χ3v) is 4.25. The van der Waals surface area contributed by atoms with E-state index in [1.165, 1.54) is 0 Å². The molecule has 0 radical (unpaired) electrons. The molecule has 0 unspecified atom stereocenters. The number of nitrogens with one attached hydrogen (secondary N) is 1. The van der Waals surface area contributed by atoms with Crippen LogP contribution in [0.2, 0.25) is 0 Å². The topological polar surface area (TPSA) is 58.6 Å². The zero-order valence-electron chi connectivity index (χ0n) is 13.5. The molecule has 21 heavy (non-hydrogen) atoms. The Morgan fingerprint density at radius 2 is 1.57 bits per heavy atom. The number of hydrogen-bond donors (Lipinski definition) is 1. The molecular formula is C16H28N2O3. The Balaban J connectivity index is 1.80. The maximum Gasteiger partial charge on any atom is 0.225 e. The molecule has 2 amide bonds. The number of likely N-dealkylation sites (tertiary alicyclic amines) is 1. The van der Waals surface area contributed by atoms with Crippen molar-refractivity contribution in [2.75, 3.05) is 26.3 Å². The van der Waals surface area contributed by atoms with E-state index < -0.39 is 0 Å². The summed E-state index contributed by atoms with van der Waals surface area (Å²) in [6.07, 6.45) is 3.22. The van der Waals surface area contributed by atoms with E-state index in [2.05, 4.69) is 5.32 Å². The van der Waals surface area contributed by atoms with Crippen molar-refractivity contribution in [2.24, 2.45) is 11.8 Å². The lowest BCUT2D eigenvalue weighted by molar-refractivity contribution is -0.141. The highest BCUT2D eigenvalue weighted by atomic mass is 16.5. The normalized spacial score (nSPS) is 22.1. The molecule has 0 bridgehead atoms. The molecule has 0 spiro atoms. The average molecular weight is 296 g/mol. The third-order valence-electron chi connectivity index (χ3n) is 4.25. The summed E-state index contributed by atoms with van der Waals surface area (Å²) in [5, 5.41) is 3.04. The molecular weight excluding hydrogens is 268 g/mol. The first-order valence-corrected chi connectivity index (χ1v) is 8.05. The summed E-state index contributed by atoms with van der Waals surface area (Å²) < 4.78 is 5.31. The number of ether oxygens (including phenoxy) is 1. The summed E-state index contributed by atoms with van der Waals surface area (Å²) in [4.78, 5) is 26.5. The molecule has 5 heteroatoms. The molecule has 5 nitrogen and oxygen atoms in total. The van der Waals surface area contributed by atoms with Gasteiger partial charge in [-0.15, -0.1) is 0 Å². The van der Waals surface area contributed by atoms with Crippen LogP contribution in [0.5, 0.6) is 0 Å². The Kier molecular flexibility index (Phi) is 5.25. The van der Waals surface area contributed by atoms with E-state index in [-0.39, 0.29) is 29.2 Å². The van der Waals surface area contributed by atoms with Gasteiger partial charge in [0.05, 0.1) is 0 Å². The molecule has 0 saturated carbocycles. The van der Waals surface area contributed by atoms with Crippen LogP contribution in [0.25, 0.3) is 0 Å². The summed E-state index contributed by atoms with van der Waals surface area (Å²) >= 11 is 0. The summed E-state index contributed by atoms with van der Waals surface area (Å²) in [7, 11) is 0. The van der Waals surface area contributed by atoms with E-state index in [1.54, 1.807) is 0 Å². The molecule has 2 rings (SSSR count). The van der Waals surface area contributed by atoms with E-state index in [9.17, 15) is 9.59 Å². The lowest BCUT2D eigenvalue weighted by Gasteiger charge is -2.35. The van der Waals surface area contributed by atoms with Crippen LogP contribution < -0.4 is 5.32 Å². The van der Waals surface area contributed by atoms with Crippen molar-refractivity contribution in [2.45, 2.75) is 52.0 Å². The van der Waals surface area contributed by atoms with Crippen molar-refractivity contribution < 1.29 is 14.3 Å². The highest BCUT2D eigenvalue weighted by molar-refractivity contribution is 5.81. The predicted octanol–water partition coefficient (Wildman–Crippen LogP) is 1.57.